The molecule has 2 aromatic carbocycles. The summed E-state index contributed by atoms with van der Waals surface area (Å²) >= 11 is 0. The van der Waals surface area contributed by atoms with E-state index in [0.29, 0.717) is 10.5 Å². The smallest absolute Gasteiger partial charge is 0.312 e. The van der Waals surface area contributed by atoms with Gasteiger partial charge in [0.1, 0.15) is 0 Å². The van der Waals surface area contributed by atoms with Crippen LogP contribution in [0, 0.1) is 11.3 Å². The number of nitrogens with one attached hydrogen (secondary N) is 1. The van der Waals surface area contributed by atoms with Gasteiger partial charge in [0.2, 0.25) is 5.54 Å². The molecule has 1 atom stereocenters. The summed E-state index contributed by atoms with van der Waals surface area (Å²) in [6, 6.07) is 14.2. The Balaban J connectivity index is 1.85. The molecule has 0 bridgehead atoms. The summed E-state index contributed by atoms with van der Waals surface area (Å²) in [5, 5.41) is 10.8. The fourth-order valence-corrected chi connectivity index (χ4v) is 3.29. The van der Waals surface area contributed by atoms with Crippen molar-refractivity contribution in [2.24, 2.45) is 0 Å². The molecule has 1 saturated heterocycles. The van der Waals surface area contributed by atoms with Crippen LogP contribution in [0.3, 0.4) is 0 Å². The van der Waals surface area contributed by atoms with Crippen LogP contribution in [0.1, 0.15) is 16.7 Å². The van der Waals surface area contributed by atoms with Crippen LogP contribution in [0.5, 0.6) is 0 Å². The minimum Gasteiger partial charge on any atom is -0.312 e. The van der Waals surface area contributed by atoms with E-state index in [1.807, 2.05) is 11.4 Å². The maximum absolute atomic E-state index is 14.0. The van der Waals surface area contributed by atoms with Gasteiger partial charge < -0.3 is 5.32 Å². The molecule has 6 nitrogen and oxygen atoms in total. The number of imide groups is 1. The predicted molar refractivity (Wildman–Crippen MR) is 97.0 cm³/mol. The second-order valence-electron chi connectivity index (χ2n) is 6.74. The van der Waals surface area contributed by atoms with Crippen molar-refractivity contribution in [3.63, 3.8) is 0 Å². The van der Waals surface area contributed by atoms with Gasteiger partial charge in [0, 0.05) is 6.54 Å². The Bertz CT molecular complexity index is 972. The lowest BCUT2D eigenvalue weighted by Crippen LogP contribution is -2.56. The van der Waals surface area contributed by atoms with Crippen molar-refractivity contribution in [2.45, 2.75) is 18.3 Å². The first kappa shape index (κ1) is 20.4. The summed E-state index contributed by atoms with van der Waals surface area (Å²) in [7, 11) is 1.57. The molecule has 0 spiro atoms. The van der Waals surface area contributed by atoms with Gasteiger partial charge in [-0.3, -0.25) is 9.69 Å². The van der Waals surface area contributed by atoms with Crippen LogP contribution < -0.4 is 5.32 Å². The lowest BCUT2D eigenvalue weighted by atomic mass is 9.89. The van der Waals surface area contributed by atoms with Crippen LogP contribution >= 0.6 is 0 Å². The van der Waals surface area contributed by atoms with Gasteiger partial charge in [0.25, 0.3) is 5.91 Å². The highest BCUT2D eigenvalue weighted by Crippen LogP contribution is 2.43. The lowest BCUT2D eigenvalue weighted by Gasteiger charge is -2.30. The van der Waals surface area contributed by atoms with Crippen molar-refractivity contribution in [1.29, 1.82) is 5.26 Å². The van der Waals surface area contributed by atoms with Crippen molar-refractivity contribution in [2.75, 3.05) is 13.7 Å². The molecule has 0 aromatic heterocycles. The summed E-state index contributed by atoms with van der Waals surface area (Å²) in [5.74, 6) is -1.38. The van der Waals surface area contributed by atoms with Crippen LogP contribution in [0.2, 0.25) is 0 Å². The molecule has 0 saturated carbocycles. The van der Waals surface area contributed by atoms with Crippen LogP contribution in [0.15, 0.2) is 54.6 Å². The lowest BCUT2D eigenvalue weighted by molar-refractivity contribution is -0.198. The molecule has 1 aliphatic rings. The molecule has 0 radical (unpaired) electrons. The van der Waals surface area contributed by atoms with Crippen molar-refractivity contribution in [1.82, 2.24) is 15.1 Å². The van der Waals surface area contributed by atoms with E-state index in [9.17, 15) is 22.8 Å². The molecule has 2 aromatic rings. The number of amides is 3. The molecule has 1 fully saturated rings. The highest BCUT2D eigenvalue weighted by molar-refractivity contribution is 6.08. The second kappa shape index (κ2) is 7.56. The maximum atomic E-state index is 14.0. The van der Waals surface area contributed by atoms with E-state index < -0.39 is 23.7 Å². The number of carbonyl (C=O) groups excluding carboxylic acids is 2. The predicted octanol–water partition coefficient (Wildman–Crippen LogP) is 2.96. The van der Waals surface area contributed by atoms with Gasteiger partial charge >= 0.3 is 12.2 Å². The van der Waals surface area contributed by atoms with Crippen LogP contribution in [0.25, 0.3) is 0 Å². The quantitative estimate of drug-likeness (QED) is 0.781. The maximum Gasteiger partial charge on any atom is 0.425 e. The summed E-state index contributed by atoms with van der Waals surface area (Å²) < 4.78 is 41.9. The summed E-state index contributed by atoms with van der Waals surface area (Å²) in [6.07, 6.45) is -5.02. The van der Waals surface area contributed by atoms with Crippen molar-refractivity contribution in [3.8, 4) is 6.07 Å². The highest BCUT2D eigenvalue weighted by atomic mass is 19.4. The number of halogens is 3. The number of benzene rings is 2. The number of nitrogens with zero attached hydrogens (tertiary/aromatic N) is 3. The number of rotatable bonds is 5. The number of hydrogen-bond acceptors (Lipinski definition) is 4. The summed E-state index contributed by atoms with van der Waals surface area (Å²) in [5.41, 5.74) is -2.31. The first-order chi connectivity index (χ1) is 13.7. The number of urea groups is 1. The van der Waals surface area contributed by atoms with Gasteiger partial charge in [-0.1, -0.05) is 42.5 Å². The first-order valence-electron chi connectivity index (χ1n) is 8.63. The van der Waals surface area contributed by atoms with E-state index in [0.717, 1.165) is 17.7 Å². The van der Waals surface area contributed by atoms with E-state index in [4.69, 9.17) is 5.26 Å². The molecule has 150 valence electrons. The van der Waals surface area contributed by atoms with Crippen LogP contribution in [-0.4, -0.2) is 41.6 Å². The number of hydrogen-bond donors (Lipinski definition) is 1. The third-order valence-corrected chi connectivity index (χ3v) is 4.63. The zero-order valence-corrected chi connectivity index (χ0v) is 15.4. The molecule has 1 heterocycles. The molecule has 3 amide bonds. The monoisotopic (exact) mass is 402 g/mol. The Morgan fingerprint density at radius 2 is 1.83 bits per heavy atom. The molecule has 3 rings (SSSR count). The van der Waals surface area contributed by atoms with Crippen LogP contribution in [0.4, 0.5) is 18.0 Å². The van der Waals surface area contributed by atoms with Gasteiger partial charge in [-0.2, -0.15) is 18.4 Å². The van der Waals surface area contributed by atoms with Gasteiger partial charge in [0.05, 0.1) is 18.3 Å². The van der Waals surface area contributed by atoms with E-state index in [-0.39, 0.29) is 18.8 Å². The standard InChI is InChI=1S/C20H17F3N4O2/c1-26(12-15-7-5-6-14(10-15)11-24)13-27-17(28)19(20(21,22)23,25-18(27)29)16-8-3-2-4-9-16/h2-10H,12-13H2,1H3,(H,25,29)/t19-/m1/s1. The molecular formula is C20H17F3N4O2. The molecule has 0 unspecified atom stereocenters. The van der Waals surface area contributed by atoms with Crippen molar-refractivity contribution in [3.05, 3.63) is 71.3 Å². The normalized spacial score (nSPS) is 19.4. The minimum atomic E-state index is -5.02. The molecule has 1 aliphatic heterocycles. The third kappa shape index (κ3) is 3.67. The van der Waals surface area contributed by atoms with E-state index in [1.54, 1.807) is 31.3 Å². The molecular weight excluding hydrogens is 385 g/mol. The minimum absolute atomic E-state index is 0.233. The van der Waals surface area contributed by atoms with Gasteiger partial charge in [-0.25, -0.2) is 9.69 Å². The molecule has 9 heteroatoms. The number of alkyl halides is 3. The Morgan fingerprint density at radius 1 is 1.14 bits per heavy atom. The van der Waals surface area contributed by atoms with Gasteiger partial charge in [0.15, 0.2) is 0 Å². The Labute approximate surface area is 165 Å². The summed E-state index contributed by atoms with van der Waals surface area (Å²) in [4.78, 5) is 27.2. The third-order valence-electron chi connectivity index (χ3n) is 4.63. The first-order valence-corrected chi connectivity index (χ1v) is 8.63. The van der Waals surface area contributed by atoms with E-state index >= 15 is 0 Å². The number of nitriles is 1. The molecule has 0 aliphatic carbocycles. The molecule has 1 N–H and O–H groups in total. The van der Waals surface area contributed by atoms with Crippen LogP contribution in [-0.2, 0) is 16.9 Å². The summed E-state index contributed by atoms with van der Waals surface area (Å²) in [6.45, 7) is -0.108. The molecule has 29 heavy (non-hydrogen) atoms. The fraction of sp³-hybridized carbons (Fsp3) is 0.250. The second-order valence-corrected chi connectivity index (χ2v) is 6.74. The SMILES string of the molecule is CN(Cc1cccc(C#N)c1)CN1C(=O)N[C@@](c2ccccc2)(C(F)(F)F)C1=O. The zero-order chi connectivity index (χ0) is 21.2. The Hall–Kier alpha value is -3.38. The van der Waals surface area contributed by atoms with Crippen molar-refractivity contribution < 1.29 is 22.8 Å². The van der Waals surface area contributed by atoms with E-state index in [2.05, 4.69) is 0 Å². The van der Waals surface area contributed by atoms with Gasteiger partial charge in [-0.05, 0) is 30.3 Å². The zero-order valence-electron chi connectivity index (χ0n) is 15.4. The Kier molecular flexibility index (Phi) is 5.31. The number of carbonyl (C=O) groups is 2. The largest absolute Gasteiger partial charge is 0.425 e. The van der Waals surface area contributed by atoms with Gasteiger partial charge in [-0.15, -0.1) is 0 Å². The van der Waals surface area contributed by atoms with E-state index in [1.165, 1.54) is 23.1 Å². The fourth-order valence-electron chi connectivity index (χ4n) is 3.29. The Morgan fingerprint density at radius 3 is 2.45 bits per heavy atom. The average Bonchev–Trinajstić information content (AvgIpc) is 2.94. The topological polar surface area (TPSA) is 76.4 Å². The highest BCUT2D eigenvalue weighted by Gasteiger charge is 2.68. The average molecular weight is 402 g/mol. The van der Waals surface area contributed by atoms with Crippen molar-refractivity contribution >= 4 is 11.9 Å².